The number of hydrogen-bond acceptors (Lipinski definition) is 3. The Kier molecular flexibility index (Phi) is 4.25. The van der Waals surface area contributed by atoms with Crippen molar-refractivity contribution in [3.8, 4) is 5.75 Å². The maximum absolute atomic E-state index is 9.81. The molecule has 2 atom stereocenters. The molecule has 1 aliphatic rings. The second-order valence-electron chi connectivity index (χ2n) is 5.61. The van der Waals surface area contributed by atoms with Gasteiger partial charge in [-0.2, -0.15) is 0 Å². The third-order valence-electron chi connectivity index (χ3n) is 3.66. The summed E-state index contributed by atoms with van der Waals surface area (Å²) in [6.45, 7) is 4.50. The van der Waals surface area contributed by atoms with Gasteiger partial charge >= 0.3 is 0 Å². The summed E-state index contributed by atoms with van der Waals surface area (Å²) in [6.07, 6.45) is 2.89. The van der Waals surface area contributed by atoms with Gasteiger partial charge in [0.15, 0.2) is 0 Å². The van der Waals surface area contributed by atoms with Crippen LogP contribution in [0.2, 0.25) is 0 Å². The Morgan fingerprint density at radius 1 is 1.39 bits per heavy atom. The largest absolute Gasteiger partial charge is 0.508 e. The minimum absolute atomic E-state index is 0.142. The van der Waals surface area contributed by atoms with Gasteiger partial charge in [-0.3, -0.25) is 0 Å². The second kappa shape index (κ2) is 5.72. The zero-order valence-corrected chi connectivity index (χ0v) is 11.2. The third-order valence-corrected chi connectivity index (χ3v) is 3.66. The van der Waals surface area contributed by atoms with Gasteiger partial charge < -0.3 is 15.5 Å². The SMILES string of the molecule is CC(C)CC(CO)NC1CCc2c(O)cccc21. The number of phenols is 1. The molecule has 1 aromatic carbocycles. The highest BCUT2D eigenvalue weighted by Gasteiger charge is 2.26. The van der Waals surface area contributed by atoms with Crippen LogP contribution in [0.3, 0.4) is 0 Å². The van der Waals surface area contributed by atoms with E-state index in [9.17, 15) is 10.2 Å². The molecule has 0 aromatic heterocycles. The second-order valence-corrected chi connectivity index (χ2v) is 5.61. The molecule has 0 heterocycles. The van der Waals surface area contributed by atoms with E-state index in [2.05, 4.69) is 25.2 Å². The van der Waals surface area contributed by atoms with Crippen LogP contribution in [-0.4, -0.2) is 22.9 Å². The van der Waals surface area contributed by atoms with E-state index >= 15 is 0 Å². The summed E-state index contributed by atoms with van der Waals surface area (Å²) in [7, 11) is 0. The van der Waals surface area contributed by atoms with E-state index in [0.29, 0.717) is 11.7 Å². The lowest BCUT2D eigenvalue weighted by Crippen LogP contribution is -2.36. The van der Waals surface area contributed by atoms with Gasteiger partial charge in [0.05, 0.1) is 6.61 Å². The Hall–Kier alpha value is -1.06. The highest BCUT2D eigenvalue weighted by Crippen LogP contribution is 2.36. The van der Waals surface area contributed by atoms with Gasteiger partial charge in [-0.1, -0.05) is 26.0 Å². The average molecular weight is 249 g/mol. The number of aromatic hydroxyl groups is 1. The van der Waals surface area contributed by atoms with E-state index < -0.39 is 0 Å². The maximum Gasteiger partial charge on any atom is 0.119 e. The molecule has 3 heteroatoms. The number of rotatable bonds is 5. The zero-order valence-electron chi connectivity index (χ0n) is 11.2. The van der Waals surface area contributed by atoms with Crippen molar-refractivity contribution in [2.75, 3.05) is 6.61 Å². The molecule has 0 radical (unpaired) electrons. The first-order chi connectivity index (χ1) is 8.61. The van der Waals surface area contributed by atoms with Crippen LogP contribution >= 0.6 is 0 Å². The molecule has 18 heavy (non-hydrogen) atoms. The summed E-state index contributed by atoms with van der Waals surface area (Å²) in [5.41, 5.74) is 2.26. The fraction of sp³-hybridized carbons (Fsp3) is 0.600. The van der Waals surface area contributed by atoms with E-state index in [1.54, 1.807) is 6.07 Å². The highest BCUT2D eigenvalue weighted by molar-refractivity contribution is 5.44. The van der Waals surface area contributed by atoms with E-state index in [1.807, 2.05) is 6.07 Å². The van der Waals surface area contributed by atoms with Crippen molar-refractivity contribution in [2.45, 2.75) is 45.2 Å². The normalized spacial score (nSPS) is 20.1. The predicted octanol–water partition coefficient (Wildman–Crippen LogP) is 2.38. The van der Waals surface area contributed by atoms with Crippen molar-refractivity contribution in [1.82, 2.24) is 5.32 Å². The Morgan fingerprint density at radius 3 is 2.83 bits per heavy atom. The number of phenolic OH excluding ortho intramolecular Hbond substituents is 1. The lowest BCUT2D eigenvalue weighted by atomic mass is 10.0. The molecule has 100 valence electrons. The summed E-state index contributed by atoms with van der Waals surface area (Å²) in [5, 5.41) is 22.8. The van der Waals surface area contributed by atoms with Crippen LogP contribution in [0.15, 0.2) is 18.2 Å². The minimum atomic E-state index is 0.142. The monoisotopic (exact) mass is 249 g/mol. The van der Waals surface area contributed by atoms with Crippen LogP contribution in [0, 0.1) is 5.92 Å². The van der Waals surface area contributed by atoms with E-state index in [0.717, 1.165) is 24.8 Å². The quantitative estimate of drug-likeness (QED) is 0.751. The molecular weight excluding hydrogens is 226 g/mol. The first-order valence-corrected chi connectivity index (χ1v) is 6.79. The first-order valence-electron chi connectivity index (χ1n) is 6.79. The van der Waals surface area contributed by atoms with E-state index in [1.165, 1.54) is 5.56 Å². The Balaban J connectivity index is 2.07. The smallest absolute Gasteiger partial charge is 0.119 e. The number of nitrogens with one attached hydrogen (secondary N) is 1. The number of benzene rings is 1. The molecule has 0 fully saturated rings. The molecule has 0 aliphatic heterocycles. The van der Waals surface area contributed by atoms with Gasteiger partial charge in [0.1, 0.15) is 5.75 Å². The summed E-state index contributed by atoms with van der Waals surface area (Å²) >= 11 is 0. The molecular formula is C15H23NO2. The number of fused-ring (bicyclic) bond motifs is 1. The Bertz CT molecular complexity index is 403. The molecule has 3 N–H and O–H groups in total. The lowest BCUT2D eigenvalue weighted by molar-refractivity contribution is 0.212. The van der Waals surface area contributed by atoms with Crippen LogP contribution in [-0.2, 0) is 6.42 Å². The fourth-order valence-corrected chi connectivity index (χ4v) is 2.86. The first kappa shape index (κ1) is 13.4. The van der Waals surface area contributed by atoms with Crippen molar-refractivity contribution in [2.24, 2.45) is 5.92 Å². The van der Waals surface area contributed by atoms with Crippen molar-refractivity contribution in [3.05, 3.63) is 29.3 Å². The van der Waals surface area contributed by atoms with Crippen molar-refractivity contribution in [1.29, 1.82) is 0 Å². The fourth-order valence-electron chi connectivity index (χ4n) is 2.86. The van der Waals surface area contributed by atoms with Crippen molar-refractivity contribution in [3.63, 3.8) is 0 Å². The van der Waals surface area contributed by atoms with Crippen LogP contribution in [0.1, 0.15) is 43.9 Å². The van der Waals surface area contributed by atoms with Crippen LogP contribution in [0.5, 0.6) is 5.75 Å². The highest BCUT2D eigenvalue weighted by atomic mass is 16.3. The maximum atomic E-state index is 9.81. The molecule has 1 aromatic rings. The molecule has 0 bridgehead atoms. The molecule has 1 aliphatic carbocycles. The Morgan fingerprint density at radius 2 is 2.17 bits per heavy atom. The van der Waals surface area contributed by atoms with E-state index in [-0.39, 0.29) is 18.7 Å². The molecule has 0 saturated heterocycles. The van der Waals surface area contributed by atoms with Gasteiger partial charge in [-0.25, -0.2) is 0 Å². The lowest BCUT2D eigenvalue weighted by Gasteiger charge is -2.23. The Labute approximate surface area is 109 Å². The molecule has 0 spiro atoms. The van der Waals surface area contributed by atoms with Crippen LogP contribution in [0.25, 0.3) is 0 Å². The summed E-state index contributed by atoms with van der Waals surface area (Å²) in [6, 6.07) is 6.12. The molecule has 0 amide bonds. The number of hydrogen-bond donors (Lipinski definition) is 3. The predicted molar refractivity (Wildman–Crippen MR) is 72.6 cm³/mol. The van der Waals surface area contributed by atoms with Crippen LogP contribution in [0.4, 0.5) is 0 Å². The van der Waals surface area contributed by atoms with Gasteiger partial charge in [-0.15, -0.1) is 0 Å². The zero-order chi connectivity index (χ0) is 13.1. The average Bonchev–Trinajstić information content (AvgIpc) is 2.72. The van der Waals surface area contributed by atoms with Gasteiger partial charge in [-0.05, 0) is 42.4 Å². The summed E-state index contributed by atoms with van der Waals surface area (Å²) < 4.78 is 0. The number of aliphatic hydroxyl groups is 1. The van der Waals surface area contributed by atoms with Gasteiger partial charge in [0.25, 0.3) is 0 Å². The standard InChI is InChI=1S/C15H23NO2/c1-10(2)8-11(9-17)16-14-7-6-13-12(14)4-3-5-15(13)18/h3-5,10-11,14,16-18H,6-9H2,1-2H3. The van der Waals surface area contributed by atoms with Gasteiger partial charge in [0, 0.05) is 12.1 Å². The molecule has 2 rings (SSSR count). The molecule has 0 saturated carbocycles. The van der Waals surface area contributed by atoms with Gasteiger partial charge in [0.2, 0.25) is 0 Å². The summed E-state index contributed by atoms with van der Waals surface area (Å²) in [5.74, 6) is 0.973. The topological polar surface area (TPSA) is 52.5 Å². The van der Waals surface area contributed by atoms with E-state index in [4.69, 9.17) is 0 Å². The number of aliphatic hydroxyl groups excluding tert-OH is 1. The minimum Gasteiger partial charge on any atom is -0.508 e. The molecule has 2 unspecified atom stereocenters. The van der Waals surface area contributed by atoms with Crippen molar-refractivity contribution < 1.29 is 10.2 Å². The third kappa shape index (κ3) is 2.85. The van der Waals surface area contributed by atoms with Crippen LogP contribution < -0.4 is 5.32 Å². The molecule has 3 nitrogen and oxygen atoms in total. The summed E-state index contributed by atoms with van der Waals surface area (Å²) in [4.78, 5) is 0. The van der Waals surface area contributed by atoms with Crippen molar-refractivity contribution >= 4 is 0 Å².